The Morgan fingerprint density at radius 3 is 2.31 bits per heavy atom. The first-order valence-corrected chi connectivity index (χ1v) is 12.8. The molecule has 2 aliphatic rings. The van der Waals surface area contributed by atoms with Gasteiger partial charge in [0.1, 0.15) is 11.4 Å². The maximum atomic E-state index is 13.3. The molecule has 0 unspecified atom stereocenters. The zero-order valence-corrected chi connectivity index (χ0v) is 20.7. The molecule has 1 saturated heterocycles. The van der Waals surface area contributed by atoms with Crippen LogP contribution in [-0.2, 0) is 4.79 Å². The molecular weight excluding hydrogens is 452 g/mol. The van der Waals surface area contributed by atoms with Crippen LogP contribution in [0.25, 0.3) is 11.0 Å². The molecule has 1 saturated carbocycles. The van der Waals surface area contributed by atoms with Gasteiger partial charge in [0.25, 0.3) is 0 Å². The SMILES string of the molecule is COc1ccccc1N1CCN(c2nc3ccccc3nc2[C@@H](C#N)C(=O)NC2CCCCC2)CC1. The van der Waals surface area contributed by atoms with Gasteiger partial charge in [0.15, 0.2) is 11.7 Å². The van der Waals surface area contributed by atoms with Gasteiger partial charge in [0, 0.05) is 32.2 Å². The van der Waals surface area contributed by atoms with E-state index < -0.39 is 5.92 Å². The largest absolute Gasteiger partial charge is 0.495 e. The van der Waals surface area contributed by atoms with Crippen LogP contribution in [0.4, 0.5) is 11.5 Å². The molecule has 186 valence electrons. The number of rotatable bonds is 6. The van der Waals surface area contributed by atoms with Crippen molar-refractivity contribution in [3.05, 3.63) is 54.2 Å². The van der Waals surface area contributed by atoms with Gasteiger partial charge in [-0.2, -0.15) is 5.26 Å². The van der Waals surface area contributed by atoms with Gasteiger partial charge in [-0.05, 0) is 37.1 Å². The number of benzene rings is 2. The number of hydrogen-bond acceptors (Lipinski definition) is 7. The van der Waals surface area contributed by atoms with Crippen LogP contribution >= 0.6 is 0 Å². The highest BCUT2D eigenvalue weighted by Crippen LogP contribution is 2.32. The number of nitriles is 1. The number of carbonyl (C=O) groups is 1. The topological polar surface area (TPSA) is 94.4 Å². The van der Waals surface area contributed by atoms with Gasteiger partial charge in [-0.3, -0.25) is 4.79 Å². The second-order valence-corrected chi connectivity index (χ2v) is 9.47. The van der Waals surface area contributed by atoms with Crippen LogP contribution in [0.15, 0.2) is 48.5 Å². The minimum Gasteiger partial charge on any atom is -0.495 e. The lowest BCUT2D eigenvalue weighted by atomic mass is 9.94. The first kappa shape index (κ1) is 23.9. The third-order valence-corrected chi connectivity index (χ3v) is 7.20. The minimum atomic E-state index is -1.01. The van der Waals surface area contributed by atoms with Crippen molar-refractivity contribution in [2.75, 3.05) is 43.1 Å². The molecule has 1 N–H and O–H groups in total. The van der Waals surface area contributed by atoms with Crippen LogP contribution in [0.1, 0.15) is 43.7 Å². The Kier molecular flexibility index (Phi) is 7.17. The number of para-hydroxylation sites is 4. The Balaban J connectivity index is 1.42. The normalized spacial score (nSPS) is 17.4. The number of fused-ring (bicyclic) bond motifs is 1. The van der Waals surface area contributed by atoms with Crippen LogP contribution in [-0.4, -0.2) is 55.2 Å². The molecule has 1 aliphatic heterocycles. The summed E-state index contributed by atoms with van der Waals surface area (Å²) >= 11 is 0. The van der Waals surface area contributed by atoms with Gasteiger partial charge in [0.2, 0.25) is 5.91 Å². The van der Waals surface area contributed by atoms with Crippen LogP contribution < -0.4 is 19.9 Å². The molecule has 8 heteroatoms. The Morgan fingerprint density at radius 1 is 0.972 bits per heavy atom. The molecular formula is C28H32N6O2. The number of ether oxygens (including phenoxy) is 1. The fourth-order valence-corrected chi connectivity index (χ4v) is 5.26. The van der Waals surface area contributed by atoms with Gasteiger partial charge in [-0.25, -0.2) is 9.97 Å². The Morgan fingerprint density at radius 2 is 1.61 bits per heavy atom. The van der Waals surface area contributed by atoms with Crippen molar-refractivity contribution >= 4 is 28.4 Å². The predicted molar refractivity (Wildman–Crippen MR) is 140 cm³/mol. The van der Waals surface area contributed by atoms with Gasteiger partial charge in [-0.15, -0.1) is 0 Å². The first-order valence-electron chi connectivity index (χ1n) is 12.8. The van der Waals surface area contributed by atoms with Crippen molar-refractivity contribution < 1.29 is 9.53 Å². The third kappa shape index (κ3) is 4.92. The summed E-state index contributed by atoms with van der Waals surface area (Å²) in [6.07, 6.45) is 5.35. The number of nitrogens with zero attached hydrogens (tertiary/aromatic N) is 5. The highest BCUT2D eigenvalue weighted by atomic mass is 16.5. The average molecular weight is 485 g/mol. The molecule has 36 heavy (non-hydrogen) atoms. The molecule has 1 aromatic heterocycles. The highest BCUT2D eigenvalue weighted by molar-refractivity contribution is 5.89. The number of methoxy groups -OCH3 is 1. The van der Waals surface area contributed by atoms with E-state index in [1.165, 1.54) is 6.42 Å². The summed E-state index contributed by atoms with van der Waals surface area (Å²) in [7, 11) is 1.69. The Bertz CT molecular complexity index is 1260. The molecule has 5 rings (SSSR count). The van der Waals surface area contributed by atoms with E-state index in [4.69, 9.17) is 14.7 Å². The van der Waals surface area contributed by atoms with E-state index in [0.717, 1.165) is 55.7 Å². The number of aromatic nitrogens is 2. The molecule has 0 bridgehead atoms. The molecule has 1 aliphatic carbocycles. The van der Waals surface area contributed by atoms with Crippen molar-refractivity contribution in [3.63, 3.8) is 0 Å². The number of hydrogen-bond donors (Lipinski definition) is 1. The maximum absolute atomic E-state index is 13.3. The molecule has 0 radical (unpaired) electrons. The van der Waals surface area contributed by atoms with Gasteiger partial charge >= 0.3 is 0 Å². The molecule has 1 atom stereocenters. The fourth-order valence-electron chi connectivity index (χ4n) is 5.26. The first-order chi connectivity index (χ1) is 17.7. The summed E-state index contributed by atoms with van der Waals surface area (Å²) in [5.74, 6) is 0.189. The number of carbonyl (C=O) groups excluding carboxylic acids is 1. The number of amides is 1. The van der Waals surface area contributed by atoms with Crippen LogP contribution in [0.3, 0.4) is 0 Å². The minimum absolute atomic E-state index is 0.128. The summed E-state index contributed by atoms with van der Waals surface area (Å²) in [5.41, 5.74) is 2.95. The standard InChI is InChI=1S/C28H32N6O2/c1-36-25-14-8-7-13-24(25)33-15-17-34(18-16-33)27-26(31-22-11-5-6-12-23(22)32-27)21(19-29)28(35)30-20-9-3-2-4-10-20/h5-8,11-14,20-21H,2-4,9-10,15-18H2,1H3,(H,30,35)/t21-/m1/s1. The number of nitrogens with one attached hydrogen (secondary N) is 1. The van der Waals surface area contributed by atoms with Crippen LogP contribution in [0, 0.1) is 11.3 Å². The molecule has 2 aromatic carbocycles. The van der Waals surface area contributed by atoms with E-state index in [9.17, 15) is 10.1 Å². The second-order valence-electron chi connectivity index (χ2n) is 9.47. The van der Waals surface area contributed by atoms with Crippen molar-refractivity contribution in [1.82, 2.24) is 15.3 Å². The number of piperazine rings is 1. The highest BCUT2D eigenvalue weighted by Gasteiger charge is 2.31. The van der Waals surface area contributed by atoms with Gasteiger partial charge in [0.05, 0.1) is 29.9 Å². The van der Waals surface area contributed by atoms with E-state index in [-0.39, 0.29) is 11.9 Å². The molecule has 3 aromatic rings. The fraction of sp³-hybridized carbons (Fsp3) is 0.429. The van der Waals surface area contributed by atoms with Crippen molar-refractivity contribution in [1.29, 1.82) is 5.26 Å². The monoisotopic (exact) mass is 484 g/mol. The van der Waals surface area contributed by atoms with Crippen molar-refractivity contribution in [3.8, 4) is 11.8 Å². The van der Waals surface area contributed by atoms with Crippen LogP contribution in [0.5, 0.6) is 5.75 Å². The number of anilines is 2. The zero-order chi connectivity index (χ0) is 24.9. The average Bonchev–Trinajstić information content (AvgIpc) is 2.93. The maximum Gasteiger partial charge on any atom is 0.243 e. The van der Waals surface area contributed by atoms with E-state index in [1.54, 1.807) is 7.11 Å². The van der Waals surface area contributed by atoms with E-state index in [0.29, 0.717) is 30.1 Å². The molecule has 2 heterocycles. The van der Waals surface area contributed by atoms with Crippen molar-refractivity contribution in [2.45, 2.75) is 44.1 Å². The predicted octanol–water partition coefficient (Wildman–Crippen LogP) is 4.02. The smallest absolute Gasteiger partial charge is 0.243 e. The summed E-state index contributed by atoms with van der Waals surface area (Å²) in [4.78, 5) is 27.5. The third-order valence-electron chi connectivity index (χ3n) is 7.20. The Labute approximate surface area is 211 Å². The molecule has 0 spiro atoms. The van der Waals surface area contributed by atoms with Crippen LogP contribution in [0.2, 0.25) is 0 Å². The quantitative estimate of drug-likeness (QED) is 0.565. The molecule has 8 nitrogen and oxygen atoms in total. The Hall–Kier alpha value is -3.86. The summed E-state index contributed by atoms with van der Waals surface area (Å²) in [5, 5.41) is 13.2. The van der Waals surface area contributed by atoms with E-state index in [1.807, 2.05) is 42.5 Å². The second kappa shape index (κ2) is 10.8. The van der Waals surface area contributed by atoms with E-state index >= 15 is 0 Å². The lowest BCUT2D eigenvalue weighted by Crippen LogP contribution is -2.47. The lowest BCUT2D eigenvalue weighted by Gasteiger charge is -2.38. The van der Waals surface area contributed by atoms with Gasteiger partial charge < -0.3 is 19.9 Å². The lowest BCUT2D eigenvalue weighted by molar-refractivity contribution is -0.122. The van der Waals surface area contributed by atoms with Gasteiger partial charge in [-0.1, -0.05) is 43.5 Å². The molecule has 1 amide bonds. The summed E-state index contributed by atoms with van der Waals surface area (Å²) in [6, 6.07) is 18.0. The van der Waals surface area contributed by atoms with Crippen molar-refractivity contribution in [2.24, 2.45) is 0 Å². The summed E-state index contributed by atoms with van der Waals surface area (Å²) in [6.45, 7) is 2.92. The summed E-state index contributed by atoms with van der Waals surface area (Å²) < 4.78 is 5.55. The zero-order valence-electron chi connectivity index (χ0n) is 20.7. The molecule has 2 fully saturated rings. The van der Waals surface area contributed by atoms with E-state index in [2.05, 4.69) is 27.3 Å².